The van der Waals surface area contributed by atoms with Gasteiger partial charge in [0.25, 0.3) is 0 Å². The molecule has 0 amide bonds. The van der Waals surface area contributed by atoms with Crippen LogP contribution >= 0.6 is 11.6 Å². The Kier molecular flexibility index (Phi) is 3.76. The van der Waals surface area contributed by atoms with E-state index < -0.39 is 0 Å². The molecule has 1 N–H and O–H groups in total. The largest absolute Gasteiger partial charge is 0.370 e. The zero-order valence-electron chi connectivity index (χ0n) is 12.0. The van der Waals surface area contributed by atoms with Crippen molar-refractivity contribution in [1.82, 2.24) is 9.97 Å². The van der Waals surface area contributed by atoms with Crippen LogP contribution in [0.3, 0.4) is 0 Å². The van der Waals surface area contributed by atoms with Gasteiger partial charge in [-0.15, -0.1) is 0 Å². The number of benzene rings is 2. The summed E-state index contributed by atoms with van der Waals surface area (Å²) in [5.74, 6) is 1.49. The maximum absolute atomic E-state index is 6.41. The van der Waals surface area contributed by atoms with Gasteiger partial charge in [0.1, 0.15) is 5.82 Å². The van der Waals surface area contributed by atoms with Crippen LogP contribution in [0, 0.1) is 6.92 Å². The van der Waals surface area contributed by atoms with Gasteiger partial charge in [-0.25, -0.2) is 9.97 Å². The van der Waals surface area contributed by atoms with Gasteiger partial charge in [-0.1, -0.05) is 35.9 Å². The summed E-state index contributed by atoms with van der Waals surface area (Å²) >= 11 is 6.41. The number of anilines is 1. The predicted octanol–water partition coefficient (Wildman–Crippen LogP) is 4.69. The number of aryl methyl sites for hydroxylation is 1. The molecule has 106 valence electrons. The van der Waals surface area contributed by atoms with Crippen molar-refractivity contribution in [3.05, 3.63) is 53.1 Å². The third kappa shape index (κ3) is 2.57. The molecule has 1 heterocycles. The summed E-state index contributed by atoms with van der Waals surface area (Å²) in [4.78, 5) is 9.31. The van der Waals surface area contributed by atoms with Gasteiger partial charge in [0.05, 0.1) is 10.5 Å². The Balaban J connectivity index is 2.26. The number of hydrogen-bond donors (Lipinski definition) is 1. The van der Waals surface area contributed by atoms with Crippen LogP contribution in [-0.2, 0) is 0 Å². The van der Waals surface area contributed by atoms with E-state index in [0.717, 1.165) is 34.4 Å². The van der Waals surface area contributed by atoms with Gasteiger partial charge >= 0.3 is 0 Å². The first-order valence-electron chi connectivity index (χ1n) is 6.97. The molecule has 0 bridgehead atoms. The van der Waals surface area contributed by atoms with Crippen molar-refractivity contribution < 1.29 is 0 Å². The van der Waals surface area contributed by atoms with Crippen LogP contribution in [0.4, 0.5) is 5.82 Å². The number of halogens is 1. The zero-order valence-corrected chi connectivity index (χ0v) is 12.8. The van der Waals surface area contributed by atoms with Crippen LogP contribution in [0.1, 0.15) is 12.5 Å². The topological polar surface area (TPSA) is 37.8 Å². The Labute approximate surface area is 129 Å². The first kappa shape index (κ1) is 13.8. The van der Waals surface area contributed by atoms with Crippen molar-refractivity contribution in [2.75, 3.05) is 11.9 Å². The van der Waals surface area contributed by atoms with Gasteiger partial charge in [-0.2, -0.15) is 0 Å². The second-order valence-corrected chi connectivity index (χ2v) is 5.26. The van der Waals surface area contributed by atoms with E-state index in [1.54, 1.807) is 0 Å². The molecule has 1 aromatic heterocycles. The Morgan fingerprint density at radius 3 is 2.67 bits per heavy atom. The van der Waals surface area contributed by atoms with Crippen LogP contribution < -0.4 is 5.32 Å². The molecule has 0 fully saturated rings. The van der Waals surface area contributed by atoms with Gasteiger partial charge in [0, 0.05) is 17.5 Å². The molecule has 0 saturated carbocycles. The lowest BCUT2D eigenvalue weighted by Crippen LogP contribution is -2.03. The molecule has 0 unspecified atom stereocenters. The molecular formula is C17H16ClN3. The summed E-state index contributed by atoms with van der Waals surface area (Å²) in [5.41, 5.74) is 2.80. The highest BCUT2D eigenvalue weighted by molar-refractivity contribution is 6.34. The van der Waals surface area contributed by atoms with Crippen molar-refractivity contribution in [3.8, 4) is 11.4 Å². The van der Waals surface area contributed by atoms with E-state index in [0.29, 0.717) is 10.8 Å². The maximum atomic E-state index is 6.41. The normalized spacial score (nSPS) is 10.8. The molecule has 0 aliphatic rings. The predicted molar refractivity (Wildman–Crippen MR) is 88.9 cm³/mol. The average molecular weight is 298 g/mol. The third-order valence-electron chi connectivity index (χ3n) is 3.38. The lowest BCUT2D eigenvalue weighted by atomic mass is 10.1. The molecule has 0 atom stereocenters. The van der Waals surface area contributed by atoms with E-state index in [4.69, 9.17) is 11.6 Å². The van der Waals surface area contributed by atoms with Crippen LogP contribution in [-0.4, -0.2) is 16.5 Å². The fourth-order valence-electron chi connectivity index (χ4n) is 2.32. The summed E-state index contributed by atoms with van der Waals surface area (Å²) in [6.45, 7) is 4.84. The van der Waals surface area contributed by atoms with Gasteiger partial charge in [-0.05, 0) is 37.6 Å². The van der Waals surface area contributed by atoms with Gasteiger partial charge < -0.3 is 5.32 Å². The summed E-state index contributed by atoms with van der Waals surface area (Å²) in [7, 11) is 0. The van der Waals surface area contributed by atoms with E-state index >= 15 is 0 Å². The standard InChI is InChI=1S/C17H16ClN3/c1-3-19-16-12-8-4-5-10-14(12)20-17(21-16)13-9-6-7-11(2)15(13)18/h4-10H,3H2,1-2H3,(H,19,20,21). The summed E-state index contributed by atoms with van der Waals surface area (Å²) in [6.07, 6.45) is 0. The number of nitrogens with zero attached hydrogens (tertiary/aromatic N) is 2. The second-order valence-electron chi connectivity index (χ2n) is 4.88. The molecule has 0 radical (unpaired) electrons. The number of para-hydroxylation sites is 1. The van der Waals surface area contributed by atoms with E-state index in [-0.39, 0.29) is 0 Å². The first-order valence-corrected chi connectivity index (χ1v) is 7.34. The number of fused-ring (bicyclic) bond motifs is 1. The Bertz CT molecular complexity index is 799. The molecule has 0 spiro atoms. The first-order chi connectivity index (χ1) is 10.2. The number of aromatic nitrogens is 2. The van der Waals surface area contributed by atoms with Gasteiger partial charge in [0.2, 0.25) is 0 Å². The quantitative estimate of drug-likeness (QED) is 0.762. The highest BCUT2D eigenvalue weighted by Crippen LogP contribution is 2.31. The summed E-state index contributed by atoms with van der Waals surface area (Å²) in [5, 5.41) is 5.02. The summed E-state index contributed by atoms with van der Waals surface area (Å²) in [6, 6.07) is 13.9. The second kappa shape index (κ2) is 5.70. The Hall–Kier alpha value is -2.13. The monoisotopic (exact) mass is 297 g/mol. The molecule has 0 aliphatic carbocycles. The van der Waals surface area contributed by atoms with Gasteiger partial charge in [0.15, 0.2) is 5.82 Å². The van der Waals surface area contributed by atoms with Crippen LogP contribution in [0.5, 0.6) is 0 Å². The average Bonchev–Trinajstić information content (AvgIpc) is 2.50. The number of hydrogen-bond acceptors (Lipinski definition) is 3. The van der Waals surface area contributed by atoms with Crippen molar-refractivity contribution in [1.29, 1.82) is 0 Å². The van der Waals surface area contributed by atoms with Crippen LogP contribution in [0.15, 0.2) is 42.5 Å². The lowest BCUT2D eigenvalue weighted by molar-refractivity contribution is 1.14. The SMILES string of the molecule is CCNc1nc(-c2cccc(C)c2Cl)nc2ccccc12. The molecule has 0 aliphatic heterocycles. The molecule has 3 nitrogen and oxygen atoms in total. The molecule has 3 aromatic rings. The fourth-order valence-corrected chi connectivity index (χ4v) is 2.53. The lowest BCUT2D eigenvalue weighted by Gasteiger charge is -2.11. The molecule has 3 rings (SSSR count). The van der Waals surface area contributed by atoms with Crippen molar-refractivity contribution >= 4 is 28.3 Å². The Morgan fingerprint density at radius 2 is 1.86 bits per heavy atom. The minimum absolute atomic E-state index is 0.651. The van der Waals surface area contributed by atoms with Crippen molar-refractivity contribution in [2.45, 2.75) is 13.8 Å². The van der Waals surface area contributed by atoms with Crippen molar-refractivity contribution in [2.24, 2.45) is 0 Å². The molecule has 4 heteroatoms. The van der Waals surface area contributed by atoms with Crippen LogP contribution in [0.2, 0.25) is 5.02 Å². The minimum atomic E-state index is 0.651. The number of nitrogens with one attached hydrogen (secondary N) is 1. The third-order valence-corrected chi connectivity index (χ3v) is 3.88. The van der Waals surface area contributed by atoms with Crippen molar-refractivity contribution in [3.63, 3.8) is 0 Å². The molecule has 2 aromatic carbocycles. The van der Waals surface area contributed by atoms with E-state index in [1.807, 2.05) is 49.4 Å². The molecule has 21 heavy (non-hydrogen) atoms. The van der Waals surface area contributed by atoms with Gasteiger partial charge in [-0.3, -0.25) is 0 Å². The zero-order chi connectivity index (χ0) is 14.8. The highest BCUT2D eigenvalue weighted by atomic mass is 35.5. The summed E-state index contributed by atoms with van der Waals surface area (Å²) < 4.78 is 0. The smallest absolute Gasteiger partial charge is 0.163 e. The fraction of sp³-hybridized carbons (Fsp3) is 0.176. The Morgan fingerprint density at radius 1 is 1.05 bits per heavy atom. The molecular weight excluding hydrogens is 282 g/mol. The van der Waals surface area contributed by atoms with E-state index in [2.05, 4.69) is 22.2 Å². The highest BCUT2D eigenvalue weighted by Gasteiger charge is 2.12. The van der Waals surface area contributed by atoms with Crippen LogP contribution in [0.25, 0.3) is 22.3 Å². The number of rotatable bonds is 3. The van der Waals surface area contributed by atoms with E-state index in [1.165, 1.54) is 0 Å². The maximum Gasteiger partial charge on any atom is 0.163 e. The van der Waals surface area contributed by atoms with E-state index in [9.17, 15) is 0 Å². The minimum Gasteiger partial charge on any atom is -0.370 e. The molecule has 0 saturated heterocycles.